The van der Waals surface area contributed by atoms with E-state index >= 15 is 0 Å². The summed E-state index contributed by atoms with van der Waals surface area (Å²) in [6, 6.07) is 2.28. The van der Waals surface area contributed by atoms with Crippen molar-refractivity contribution >= 4 is 5.91 Å². The lowest BCUT2D eigenvalue weighted by Gasteiger charge is -2.33. The van der Waals surface area contributed by atoms with Crippen LogP contribution in [0.5, 0.6) is 0 Å². The van der Waals surface area contributed by atoms with Crippen molar-refractivity contribution in [2.45, 2.75) is 57.7 Å². The Morgan fingerprint density at radius 3 is 3.00 bits per heavy atom. The average Bonchev–Trinajstić information content (AvgIpc) is 3.22. The molecule has 0 bridgehead atoms. The number of likely N-dealkylation sites (tertiary alicyclic amines) is 1. The Bertz CT molecular complexity index is 790. The molecule has 2 aromatic heterocycles. The highest BCUT2D eigenvalue weighted by molar-refractivity contribution is 5.76. The first-order chi connectivity index (χ1) is 13.1. The fourth-order valence-corrected chi connectivity index (χ4v) is 4.12. The van der Waals surface area contributed by atoms with Gasteiger partial charge in [0.05, 0.1) is 17.8 Å². The van der Waals surface area contributed by atoms with Crippen LogP contribution in [0, 0.1) is 0 Å². The smallest absolute Gasteiger partial charge is 0.225 e. The number of fused-ring (bicyclic) bond motifs is 1. The van der Waals surface area contributed by atoms with E-state index in [1.807, 2.05) is 35.0 Å². The van der Waals surface area contributed by atoms with Crippen LogP contribution in [0.3, 0.4) is 0 Å². The standard InChI is InChI=1S/C20H28N6O/c1-15(26-10-5-8-22-26)12-19(27)25-11-7-17-16(14-25)13-21-20(23-17)18-6-3-4-9-24(18)2/h5,8,10,13,15,18H,3-4,6-7,9,11-12,14H2,1-2H3. The summed E-state index contributed by atoms with van der Waals surface area (Å²) in [7, 11) is 2.16. The second-order valence-electron chi connectivity index (χ2n) is 7.80. The molecular formula is C20H28N6O. The van der Waals surface area contributed by atoms with Crippen molar-refractivity contribution < 1.29 is 4.79 Å². The number of hydrogen-bond acceptors (Lipinski definition) is 5. The quantitative estimate of drug-likeness (QED) is 0.829. The Kier molecular flexibility index (Phi) is 5.20. The maximum Gasteiger partial charge on any atom is 0.225 e. The predicted molar refractivity (Wildman–Crippen MR) is 102 cm³/mol. The van der Waals surface area contributed by atoms with Crippen LogP contribution >= 0.6 is 0 Å². The lowest BCUT2D eigenvalue weighted by atomic mass is 10.0. The SMILES string of the molecule is CC(CC(=O)N1CCc2nc(C3CCCCN3C)ncc2C1)n1cccn1. The molecule has 1 amide bonds. The number of amides is 1. The topological polar surface area (TPSA) is 67.2 Å². The van der Waals surface area contributed by atoms with E-state index in [1.54, 1.807) is 6.20 Å². The Morgan fingerprint density at radius 1 is 1.33 bits per heavy atom. The third kappa shape index (κ3) is 3.88. The highest BCUT2D eigenvalue weighted by Gasteiger charge is 2.27. The first-order valence-corrected chi connectivity index (χ1v) is 9.93. The molecule has 1 fully saturated rings. The van der Waals surface area contributed by atoms with Crippen LogP contribution in [0.2, 0.25) is 0 Å². The minimum absolute atomic E-state index is 0.0642. The van der Waals surface area contributed by atoms with Crippen LogP contribution in [0.1, 0.15) is 61.8 Å². The Balaban J connectivity index is 1.42. The van der Waals surface area contributed by atoms with E-state index in [-0.39, 0.29) is 11.9 Å². The lowest BCUT2D eigenvalue weighted by Crippen LogP contribution is -2.38. The maximum absolute atomic E-state index is 12.7. The molecule has 0 spiro atoms. The van der Waals surface area contributed by atoms with Crippen molar-refractivity contribution in [2.75, 3.05) is 20.1 Å². The summed E-state index contributed by atoms with van der Waals surface area (Å²) in [6.07, 6.45) is 10.5. The molecule has 2 aliphatic rings. The molecule has 7 nitrogen and oxygen atoms in total. The number of carbonyl (C=O) groups is 1. The van der Waals surface area contributed by atoms with E-state index in [0.717, 1.165) is 43.0 Å². The molecule has 2 aromatic rings. The number of carbonyl (C=O) groups excluding carboxylic acids is 1. The van der Waals surface area contributed by atoms with Crippen molar-refractivity contribution in [1.29, 1.82) is 0 Å². The third-order valence-corrected chi connectivity index (χ3v) is 5.82. The summed E-state index contributed by atoms with van der Waals surface area (Å²) < 4.78 is 1.84. The van der Waals surface area contributed by atoms with Crippen molar-refractivity contribution in [2.24, 2.45) is 0 Å². The molecule has 1 saturated heterocycles. The van der Waals surface area contributed by atoms with Crippen LogP contribution in [0.15, 0.2) is 24.7 Å². The van der Waals surface area contributed by atoms with Gasteiger partial charge in [0, 0.05) is 50.1 Å². The molecule has 144 valence electrons. The van der Waals surface area contributed by atoms with Crippen LogP contribution in [-0.2, 0) is 17.8 Å². The van der Waals surface area contributed by atoms with Gasteiger partial charge in [-0.3, -0.25) is 14.4 Å². The van der Waals surface area contributed by atoms with Gasteiger partial charge in [-0.05, 0) is 39.4 Å². The summed E-state index contributed by atoms with van der Waals surface area (Å²) in [4.78, 5) is 26.5. The summed E-state index contributed by atoms with van der Waals surface area (Å²) in [5, 5.41) is 4.23. The van der Waals surface area contributed by atoms with Crippen molar-refractivity contribution in [3.63, 3.8) is 0 Å². The molecule has 2 aliphatic heterocycles. The molecular weight excluding hydrogens is 340 g/mol. The van der Waals surface area contributed by atoms with Gasteiger partial charge in [-0.1, -0.05) is 6.42 Å². The number of nitrogens with zero attached hydrogens (tertiary/aromatic N) is 6. The largest absolute Gasteiger partial charge is 0.338 e. The lowest BCUT2D eigenvalue weighted by molar-refractivity contribution is -0.132. The molecule has 2 atom stereocenters. The number of hydrogen-bond donors (Lipinski definition) is 0. The Labute approximate surface area is 160 Å². The van der Waals surface area contributed by atoms with E-state index < -0.39 is 0 Å². The monoisotopic (exact) mass is 368 g/mol. The maximum atomic E-state index is 12.7. The molecule has 27 heavy (non-hydrogen) atoms. The first-order valence-electron chi connectivity index (χ1n) is 9.93. The zero-order chi connectivity index (χ0) is 18.8. The Hall–Kier alpha value is -2.28. The number of piperidine rings is 1. The zero-order valence-electron chi connectivity index (χ0n) is 16.2. The minimum atomic E-state index is 0.0642. The van der Waals surface area contributed by atoms with Gasteiger partial charge in [0.2, 0.25) is 5.91 Å². The summed E-state index contributed by atoms with van der Waals surface area (Å²) in [5.74, 6) is 1.11. The van der Waals surface area contributed by atoms with Crippen molar-refractivity contribution in [1.82, 2.24) is 29.5 Å². The van der Waals surface area contributed by atoms with Gasteiger partial charge >= 0.3 is 0 Å². The van der Waals surface area contributed by atoms with Crippen LogP contribution < -0.4 is 0 Å². The molecule has 2 unspecified atom stereocenters. The van der Waals surface area contributed by atoms with Gasteiger partial charge in [-0.2, -0.15) is 5.10 Å². The van der Waals surface area contributed by atoms with Gasteiger partial charge in [-0.25, -0.2) is 9.97 Å². The molecule has 0 radical (unpaired) electrons. The van der Waals surface area contributed by atoms with E-state index in [1.165, 1.54) is 12.8 Å². The van der Waals surface area contributed by atoms with Crippen LogP contribution in [0.4, 0.5) is 0 Å². The number of aromatic nitrogens is 4. The highest BCUT2D eigenvalue weighted by Crippen LogP contribution is 2.28. The molecule has 0 aromatic carbocycles. The fraction of sp³-hybridized carbons (Fsp3) is 0.600. The fourth-order valence-electron chi connectivity index (χ4n) is 4.12. The third-order valence-electron chi connectivity index (χ3n) is 5.82. The second-order valence-corrected chi connectivity index (χ2v) is 7.80. The van der Waals surface area contributed by atoms with Crippen molar-refractivity contribution in [3.8, 4) is 0 Å². The van der Waals surface area contributed by atoms with E-state index in [0.29, 0.717) is 19.0 Å². The summed E-state index contributed by atoms with van der Waals surface area (Å²) >= 11 is 0. The van der Waals surface area contributed by atoms with Gasteiger partial charge in [0.1, 0.15) is 5.82 Å². The van der Waals surface area contributed by atoms with Gasteiger partial charge in [0.15, 0.2) is 0 Å². The summed E-state index contributed by atoms with van der Waals surface area (Å²) in [5.41, 5.74) is 2.20. The molecule has 0 aliphatic carbocycles. The molecule has 7 heteroatoms. The van der Waals surface area contributed by atoms with Gasteiger partial charge in [-0.15, -0.1) is 0 Å². The summed E-state index contributed by atoms with van der Waals surface area (Å²) in [6.45, 7) is 4.48. The minimum Gasteiger partial charge on any atom is -0.338 e. The predicted octanol–water partition coefficient (Wildman–Crippen LogP) is 2.37. The Morgan fingerprint density at radius 2 is 2.22 bits per heavy atom. The van der Waals surface area contributed by atoms with Crippen LogP contribution in [0.25, 0.3) is 0 Å². The number of rotatable bonds is 4. The zero-order valence-corrected chi connectivity index (χ0v) is 16.2. The van der Waals surface area contributed by atoms with E-state index in [2.05, 4.69) is 22.0 Å². The molecule has 0 N–H and O–H groups in total. The van der Waals surface area contributed by atoms with Gasteiger partial charge in [0.25, 0.3) is 0 Å². The van der Waals surface area contributed by atoms with Crippen molar-refractivity contribution in [3.05, 3.63) is 41.7 Å². The highest BCUT2D eigenvalue weighted by atomic mass is 16.2. The molecule has 0 saturated carbocycles. The first kappa shape index (κ1) is 18.1. The van der Waals surface area contributed by atoms with E-state index in [4.69, 9.17) is 4.98 Å². The molecule has 4 rings (SSSR count). The second kappa shape index (κ2) is 7.76. The van der Waals surface area contributed by atoms with Crippen LogP contribution in [-0.4, -0.2) is 55.6 Å². The van der Waals surface area contributed by atoms with Gasteiger partial charge < -0.3 is 4.90 Å². The normalized spacial score (nSPS) is 21.7. The molecule has 4 heterocycles. The van der Waals surface area contributed by atoms with E-state index in [9.17, 15) is 4.79 Å². The average molecular weight is 368 g/mol.